The van der Waals surface area contributed by atoms with Crippen LogP contribution >= 0.6 is 27.5 Å². The van der Waals surface area contributed by atoms with Crippen LogP contribution in [0, 0.1) is 5.92 Å². The van der Waals surface area contributed by atoms with Crippen LogP contribution in [0.3, 0.4) is 0 Å². The third-order valence-electron chi connectivity index (χ3n) is 2.88. The van der Waals surface area contributed by atoms with Crippen molar-refractivity contribution < 1.29 is 24.3 Å². The molecule has 0 aliphatic carbocycles. The second kappa shape index (κ2) is 10.00. The standard InChI is InChI=1S/C14H19BBrClN2O5/c1-8(2)5-13(24-15(22)23)19-12(20)7-18-14(21)10-6-9(16)3-4-11(10)17/h3-4,6,8,13,22-23H,5,7H2,1-2H3,(H,18,21)(H,19,20)/t13-/m1/s1. The molecule has 0 unspecified atom stereocenters. The Morgan fingerprint density at radius 3 is 2.62 bits per heavy atom. The molecule has 1 aromatic carbocycles. The highest BCUT2D eigenvalue weighted by molar-refractivity contribution is 9.10. The lowest BCUT2D eigenvalue weighted by atomic mass is 10.1. The highest BCUT2D eigenvalue weighted by Gasteiger charge is 2.21. The van der Waals surface area contributed by atoms with Crippen LogP contribution in [0.25, 0.3) is 0 Å². The average Bonchev–Trinajstić information content (AvgIpc) is 2.45. The Hall–Kier alpha value is -1.13. The molecule has 0 heterocycles. The van der Waals surface area contributed by atoms with Crippen LogP contribution in [0.1, 0.15) is 30.6 Å². The van der Waals surface area contributed by atoms with E-state index in [9.17, 15) is 9.59 Å². The van der Waals surface area contributed by atoms with Crippen LogP contribution < -0.4 is 10.6 Å². The van der Waals surface area contributed by atoms with Crippen LogP contribution in [0.2, 0.25) is 5.02 Å². The number of amides is 2. The van der Waals surface area contributed by atoms with Crippen molar-refractivity contribution in [3.8, 4) is 0 Å². The van der Waals surface area contributed by atoms with Crippen molar-refractivity contribution in [2.24, 2.45) is 5.92 Å². The zero-order valence-corrected chi connectivity index (χ0v) is 15.6. The smallest absolute Gasteiger partial charge is 0.402 e. The molecular formula is C14H19BBrClN2O5. The van der Waals surface area contributed by atoms with Crippen molar-refractivity contribution in [2.45, 2.75) is 26.5 Å². The lowest BCUT2D eigenvalue weighted by molar-refractivity contribution is -0.123. The van der Waals surface area contributed by atoms with E-state index in [1.165, 1.54) is 0 Å². The van der Waals surface area contributed by atoms with Gasteiger partial charge in [-0.2, -0.15) is 0 Å². The van der Waals surface area contributed by atoms with Gasteiger partial charge >= 0.3 is 7.32 Å². The summed E-state index contributed by atoms with van der Waals surface area (Å²) < 4.78 is 5.48. The van der Waals surface area contributed by atoms with Crippen LogP contribution in [0.5, 0.6) is 0 Å². The van der Waals surface area contributed by atoms with E-state index < -0.39 is 25.4 Å². The largest absolute Gasteiger partial charge is 0.635 e. The fourth-order valence-corrected chi connectivity index (χ4v) is 2.45. The van der Waals surface area contributed by atoms with Gasteiger partial charge in [-0.25, -0.2) is 0 Å². The number of carbonyl (C=O) groups is 2. The number of benzene rings is 1. The minimum absolute atomic E-state index is 0.157. The Balaban J connectivity index is 2.57. The van der Waals surface area contributed by atoms with Crippen molar-refractivity contribution >= 4 is 46.7 Å². The van der Waals surface area contributed by atoms with Crippen LogP contribution in [-0.2, 0) is 9.45 Å². The van der Waals surface area contributed by atoms with Crippen molar-refractivity contribution in [3.05, 3.63) is 33.3 Å². The molecule has 7 nitrogen and oxygen atoms in total. The fourth-order valence-electron chi connectivity index (χ4n) is 1.88. The molecule has 0 spiro atoms. The van der Waals surface area contributed by atoms with Gasteiger partial charge in [-0.1, -0.05) is 41.4 Å². The Bertz CT molecular complexity index is 578. The van der Waals surface area contributed by atoms with E-state index in [0.29, 0.717) is 10.9 Å². The number of hydrogen-bond acceptors (Lipinski definition) is 5. The van der Waals surface area contributed by atoms with Crippen molar-refractivity contribution in [1.29, 1.82) is 0 Å². The Kier molecular flexibility index (Phi) is 8.72. The highest BCUT2D eigenvalue weighted by atomic mass is 79.9. The molecule has 0 saturated carbocycles. The first-order chi connectivity index (χ1) is 11.2. The van der Waals surface area contributed by atoms with E-state index in [4.69, 9.17) is 26.3 Å². The van der Waals surface area contributed by atoms with Gasteiger partial charge in [0.15, 0.2) is 0 Å². The molecule has 10 heteroatoms. The summed E-state index contributed by atoms with van der Waals surface area (Å²) in [5.41, 5.74) is 0.236. The molecule has 0 saturated heterocycles. The lowest BCUT2D eigenvalue weighted by Gasteiger charge is -2.21. The van der Waals surface area contributed by atoms with E-state index >= 15 is 0 Å². The SMILES string of the molecule is CC(C)C[C@H](NC(=O)CNC(=O)c1cc(Br)ccc1Cl)OB(O)O. The minimum Gasteiger partial charge on any atom is -0.402 e. The molecule has 4 N–H and O–H groups in total. The van der Waals surface area contributed by atoms with Gasteiger partial charge in [-0.15, -0.1) is 0 Å². The number of carbonyl (C=O) groups excluding carboxylic acids is 2. The number of hydrogen-bond donors (Lipinski definition) is 4. The Morgan fingerprint density at radius 2 is 2.04 bits per heavy atom. The van der Waals surface area contributed by atoms with E-state index in [1.807, 2.05) is 13.8 Å². The van der Waals surface area contributed by atoms with E-state index in [1.54, 1.807) is 18.2 Å². The van der Waals surface area contributed by atoms with Gasteiger partial charge in [-0.05, 0) is 30.5 Å². The van der Waals surface area contributed by atoms with E-state index in [-0.39, 0.29) is 23.0 Å². The number of rotatable bonds is 8. The summed E-state index contributed by atoms with van der Waals surface area (Å²) in [4.78, 5) is 23.9. The van der Waals surface area contributed by atoms with Gasteiger partial charge < -0.3 is 25.3 Å². The fraction of sp³-hybridized carbons (Fsp3) is 0.429. The second-order valence-electron chi connectivity index (χ2n) is 5.45. The topological polar surface area (TPSA) is 108 Å². The maximum Gasteiger partial charge on any atom is 0.635 e. The summed E-state index contributed by atoms with van der Waals surface area (Å²) in [5.74, 6) is -0.871. The molecule has 132 valence electrons. The summed E-state index contributed by atoms with van der Waals surface area (Å²) in [5, 5.41) is 22.9. The molecule has 24 heavy (non-hydrogen) atoms. The highest BCUT2D eigenvalue weighted by Crippen LogP contribution is 2.20. The molecular weight excluding hydrogens is 402 g/mol. The first kappa shape index (κ1) is 20.9. The quantitative estimate of drug-likeness (QED) is 0.374. The Labute approximate surface area is 154 Å². The predicted octanol–water partition coefficient (Wildman–Crippen LogP) is 1.31. The van der Waals surface area contributed by atoms with Gasteiger partial charge in [0.1, 0.15) is 6.23 Å². The Morgan fingerprint density at radius 1 is 1.38 bits per heavy atom. The molecule has 0 aliphatic rings. The summed E-state index contributed by atoms with van der Waals surface area (Å²) in [6.07, 6.45) is -0.488. The van der Waals surface area contributed by atoms with Crippen LogP contribution in [0.15, 0.2) is 22.7 Å². The lowest BCUT2D eigenvalue weighted by Crippen LogP contribution is -2.45. The van der Waals surface area contributed by atoms with Crippen LogP contribution in [0.4, 0.5) is 0 Å². The third kappa shape index (κ3) is 7.63. The maximum absolute atomic E-state index is 12.1. The number of halogens is 2. The molecule has 0 aliphatic heterocycles. The molecule has 0 fully saturated rings. The maximum atomic E-state index is 12.1. The number of nitrogens with one attached hydrogen (secondary N) is 2. The molecule has 1 atom stereocenters. The normalized spacial score (nSPS) is 12.0. The van der Waals surface area contributed by atoms with Gasteiger partial charge in [0, 0.05) is 4.47 Å². The first-order valence-corrected chi connectivity index (χ1v) is 8.40. The second-order valence-corrected chi connectivity index (χ2v) is 6.78. The summed E-state index contributed by atoms with van der Waals surface area (Å²) in [6, 6.07) is 4.80. The predicted molar refractivity (Wildman–Crippen MR) is 94.1 cm³/mol. The van der Waals surface area contributed by atoms with Gasteiger partial charge in [0.2, 0.25) is 5.91 Å². The zero-order valence-electron chi connectivity index (χ0n) is 13.3. The van der Waals surface area contributed by atoms with Crippen LogP contribution in [-0.4, -0.2) is 42.0 Å². The summed E-state index contributed by atoms with van der Waals surface area (Å²) in [7, 11) is -2.00. The monoisotopic (exact) mass is 420 g/mol. The molecule has 1 rings (SSSR count). The third-order valence-corrected chi connectivity index (χ3v) is 3.70. The van der Waals surface area contributed by atoms with Gasteiger partial charge in [0.25, 0.3) is 5.91 Å². The summed E-state index contributed by atoms with van der Waals surface area (Å²) in [6.45, 7) is 3.48. The minimum atomic E-state index is -2.00. The van der Waals surface area contributed by atoms with Gasteiger partial charge in [0.05, 0.1) is 17.1 Å². The molecule has 2 amide bonds. The molecule has 1 aromatic rings. The van der Waals surface area contributed by atoms with Gasteiger partial charge in [-0.3, -0.25) is 9.59 Å². The van der Waals surface area contributed by atoms with E-state index in [2.05, 4.69) is 26.6 Å². The zero-order chi connectivity index (χ0) is 18.3. The molecule has 0 bridgehead atoms. The summed E-state index contributed by atoms with van der Waals surface area (Å²) >= 11 is 9.19. The molecule has 0 aromatic heterocycles. The van der Waals surface area contributed by atoms with Crippen molar-refractivity contribution in [3.63, 3.8) is 0 Å². The first-order valence-electron chi connectivity index (χ1n) is 7.23. The van der Waals surface area contributed by atoms with Crippen molar-refractivity contribution in [2.75, 3.05) is 6.54 Å². The average molecular weight is 421 g/mol. The molecule has 0 radical (unpaired) electrons. The van der Waals surface area contributed by atoms with Crippen molar-refractivity contribution in [1.82, 2.24) is 10.6 Å². The van der Waals surface area contributed by atoms with E-state index in [0.717, 1.165) is 0 Å².